The smallest absolute Gasteiger partial charge is 0.422 e. The largest absolute Gasteiger partial charge is 0.484 e. The number of nitrogens with zero attached hydrogens (tertiary/aromatic N) is 2. The van der Waals surface area contributed by atoms with Gasteiger partial charge in [0.15, 0.2) is 6.61 Å². The van der Waals surface area contributed by atoms with Gasteiger partial charge in [-0.05, 0) is 31.2 Å². The normalized spacial score (nSPS) is 11.5. The van der Waals surface area contributed by atoms with Crippen LogP contribution < -0.4 is 10.1 Å². The summed E-state index contributed by atoms with van der Waals surface area (Å²) in [4.78, 5) is 0. The van der Waals surface area contributed by atoms with E-state index in [9.17, 15) is 13.2 Å². The van der Waals surface area contributed by atoms with Gasteiger partial charge in [-0.3, -0.25) is 4.68 Å². The molecule has 0 bridgehead atoms. The van der Waals surface area contributed by atoms with Gasteiger partial charge in [0.1, 0.15) is 5.75 Å². The van der Waals surface area contributed by atoms with Crippen LogP contribution in [0.4, 0.5) is 18.9 Å². The third kappa shape index (κ3) is 4.70. The van der Waals surface area contributed by atoms with Gasteiger partial charge in [-0.15, -0.1) is 0 Å². The Morgan fingerprint density at radius 2 is 1.90 bits per heavy atom. The zero-order chi connectivity index (χ0) is 15.5. The quantitative estimate of drug-likeness (QED) is 0.921. The number of ether oxygens (including phenoxy) is 1. The van der Waals surface area contributed by atoms with E-state index in [-0.39, 0.29) is 5.75 Å². The number of hydrogen-bond donors (Lipinski definition) is 1. The van der Waals surface area contributed by atoms with E-state index in [1.54, 1.807) is 16.8 Å². The van der Waals surface area contributed by atoms with Gasteiger partial charge in [0, 0.05) is 31.0 Å². The highest BCUT2D eigenvalue weighted by Gasteiger charge is 2.28. The number of aryl methyl sites for hydroxylation is 2. The second kappa shape index (κ2) is 6.07. The molecule has 0 spiro atoms. The maximum atomic E-state index is 12.0. The zero-order valence-electron chi connectivity index (χ0n) is 11.7. The summed E-state index contributed by atoms with van der Waals surface area (Å²) in [6.07, 6.45) is -2.40. The lowest BCUT2D eigenvalue weighted by molar-refractivity contribution is -0.153. The van der Waals surface area contributed by atoms with Crippen LogP contribution in [0.25, 0.3) is 0 Å². The fraction of sp³-hybridized carbons (Fsp3) is 0.357. The highest BCUT2D eigenvalue weighted by Crippen LogP contribution is 2.20. The zero-order valence-corrected chi connectivity index (χ0v) is 11.7. The van der Waals surface area contributed by atoms with Crippen molar-refractivity contribution < 1.29 is 17.9 Å². The molecule has 4 nitrogen and oxygen atoms in total. The van der Waals surface area contributed by atoms with Crippen LogP contribution in [-0.2, 0) is 13.6 Å². The van der Waals surface area contributed by atoms with Crippen molar-refractivity contribution in [1.82, 2.24) is 9.78 Å². The Hall–Kier alpha value is -2.18. The molecule has 1 N–H and O–H groups in total. The Morgan fingerprint density at radius 1 is 1.24 bits per heavy atom. The summed E-state index contributed by atoms with van der Waals surface area (Å²) in [7, 11) is 1.85. The van der Waals surface area contributed by atoms with E-state index in [1.165, 1.54) is 12.1 Å². The minimum absolute atomic E-state index is 0.190. The van der Waals surface area contributed by atoms with E-state index in [1.807, 2.05) is 20.2 Å². The molecule has 0 fully saturated rings. The van der Waals surface area contributed by atoms with Crippen LogP contribution in [-0.4, -0.2) is 22.6 Å². The van der Waals surface area contributed by atoms with Gasteiger partial charge in [0.05, 0.1) is 5.69 Å². The average Bonchev–Trinajstić information content (AvgIpc) is 2.73. The lowest BCUT2D eigenvalue weighted by Crippen LogP contribution is -2.19. The standard InChI is InChI=1S/C14H16F3N3O/c1-10-11(8-20(2)19-10)7-18-12-3-5-13(6-4-12)21-9-14(15,16)17/h3-6,8,18H,7,9H2,1-2H3. The van der Waals surface area contributed by atoms with Crippen molar-refractivity contribution in [2.75, 3.05) is 11.9 Å². The minimum Gasteiger partial charge on any atom is -0.484 e. The number of hydrogen-bond acceptors (Lipinski definition) is 3. The molecule has 1 aromatic heterocycles. The summed E-state index contributed by atoms with van der Waals surface area (Å²) in [5, 5.41) is 7.42. The second-order valence-electron chi connectivity index (χ2n) is 4.70. The topological polar surface area (TPSA) is 39.1 Å². The van der Waals surface area contributed by atoms with Crippen molar-refractivity contribution in [3.05, 3.63) is 41.7 Å². The van der Waals surface area contributed by atoms with E-state index in [4.69, 9.17) is 0 Å². The predicted octanol–water partition coefficient (Wildman–Crippen LogP) is 3.28. The number of halogens is 3. The predicted molar refractivity (Wildman–Crippen MR) is 73.3 cm³/mol. The fourth-order valence-corrected chi connectivity index (χ4v) is 1.85. The summed E-state index contributed by atoms with van der Waals surface area (Å²) < 4.78 is 42.5. The molecule has 114 valence electrons. The molecule has 0 aliphatic carbocycles. The van der Waals surface area contributed by atoms with Crippen LogP contribution >= 0.6 is 0 Å². The Bertz CT molecular complexity index is 591. The molecule has 0 atom stereocenters. The maximum absolute atomic E-state index is 12.0. The minimum atomic E-state index is -4.32. The monoisotopic (exact) mass is 299 g/mol. The van der Waals surface area contributed by atoms with Crippen molar-refractivity contribution in [3.63, 3.8) is 0 Å². The van der Waals surface area contributed by atoms with Gasteiger partial charge in [-0.1, -0.05) is 0 Å². The SMILES string of the molecule is Cc1nn(C)cc1CNc1ccc(OCC(F)(F)F)cc1. The highest BCUT2D eigenvalue weighted by atomic mass is 19.4. The Morgan fingerprint density at radius 3 is 2.43 bits per heavy atom. The second-order valence-corrected chi connectivity index (χ2v) is 4.70. The lowest BCUT2D eigenvalue weighted by Gasteiger charge is -2.10. The molecule has 21 heavy (non-hydrogen) atoms. The average molecular weight is 299 g/mol. The first kappa shape index (κ1) is 15.2. The Balaban J connectivity index is 1.89. The number of benzene rings is 1. The molecule has 2 aromatic rings. The van der Waals surface area contributed by atoms with Gasteiger partial charge in [0.2, 0.25) is 0 Å². The number of rotatable bonds is 5. The molecule has 0 saturated heterocycles. The fourth-order valence-electron chi connectivity index (χ4n) is 1.85. The van der Waals surface area contributed by atoms with Crippen LogP contribution in [0.2, 0.25) is 0 Å². The van der Waals surface area contributed by atoms with Crippen molar-refractivity contribution in [1.29, 1.82) is 0 Å². The molecule has 0 amide bonds. The van der Waals surface area contributed by atoms with Gasteiger partial charge in [-0.25, -0.2) is 0 Å². The van der Waals surface area contributed by atoms with Crippen molar-refractivity contribution in [2.24, 2.45) is 7.05 Å². The van der Waals surface area contributed by atoms with Crippen LogP contribution in [0.1, 0.15) is 11.3 Å². The van der Waals surface area contributed by atoms with Crippen LogP contribution in [0.5, 0.6) is 5.75 Å². The van der Waals surface area contributed by atoms with Crippen molar-refractivity contribution >= 4 is 5.69 Å². The van der Waals surface area contributed by atoms with Gasteiger partial charge >= 0.3 is 6.18 Å². The summed E-state index contributed by atoms with van der Waals surface area (Å²) in [5.41, 5.74) is 2.81. The van der Waals surface area contributed by atoms with Crippen LogP contribution in [0.3, 0.4) is 0 Å². The molecule has 0 radical (unpaired) electrons. The molecular weight excluding hydrogens is 283 g/mol. The Labute approximate surface area is 120 Å². The van der Waals surface area contributed by atoms with Crippen molar-refractivity contribution in [2.45, 2.75) is 19.6 Å². The molecule has 0 aliphatic rings. The molecule has 0 aliphatic heterocycles. The number of alkyl halides is 3. The first-order valence-corrected chi connectivity index (χ1v) is 6.36. The van der Waals surface area contributed by atoms with Crippen molar-refractivity contribution in [3.8, 4) is 5.75 Å². The number of nitrogens with one attached hydrogen (secondary N) is 1. The first-order valence-electron chi connectivity index (χ1n) is 6.36. The lowest BCUT2D eigenvalue weighted by atomic mass is 10.2. The molecule has 7 heteroatoms. The van der Waals surface area contributed by atoms with E-state index in [0.717, 1.165) is 16.9 Å². The van der Waals surface area contributed by atoms with E-state index < -0.39 is 12.8 Å². The van der Waals surface area contributed by atoms with Crippen LogP contribution in [0, 0.1) is 6.92 Å². The summed E-state index contributed by atoms with van der Waals surface area (Å²) in [6, 6.07) is 6.36. The molecular formula is C14H16F3N3O. The van der Waals surface area contributed by atoms with E-state index >= 15 is 0 Å². The molecule has 2 rings (SSSR count). The van der Waals surface area contributed by atoms with Gasteiger partial charge < -0.3 is 10.1 Å². The molecule has 0 unspecified atom stereocenters. The van der Waals surface area contributed by atoms with E-state index in [0.29, 0.717) is 6.54 Å². The van der Waals surface area contributed by atoms with Crippen LogP contribution in [0.15, 0.2) is 30.5 Å². The number of anilines is 1. The first-order chi connectivity index (χ1) is 9.83. The summed E-state index contributed by atoms with van der Waals surface area (Å²) in [6.45, 7) is 1.24. The molecule has 1 heterocycles. The molecule has 0 saturated carbocycles. The third-order valence-corrected chi connectivity index (χ3v) is 2.85. The number of aromatic nitrogens is 2. The molecule has 1 aromatic carbocycles. The van der Waals surface area contributed by atoms with E-state index in [2.05, 4.69) is 15.2 Å². The third-order valence-electron chi connectivity index (χ3n) is 2.85. The van der Waals surface area contributed by atoms with Gasteiger partial charge in [0.25, 0.3) is 0 Å². The highest BCUT2D eigenvalue weighted by molar-refractivity contribution is 5.46. The summed E-state index contributed by atoms with van der Waals surface area (Å²) >= 11 is 0. The van der Waals surface area contributed by atoms with Gasteiger partial charge in [-0.2, -0.15) is 18.3 Å². The summed E-state index contributed by atoms with van der Waals surface area (Å²) in [5.74, 6) is 0.190. The maximum Gasteiger partial charge on any atom is 0.422 e. The Kier molecular flexibility index (Phi) is 4.40.